The van der Waals surface area contributed by atoms with Crippen LogP contribution in [0.25, 0.3) is 0 Å². The topological polar surface area (TPSA) is 57.2 Å². The van der Waals surface area contributed by atoms with Gasteiger partial charge in [0.1, 0.15) is 22.5 Å². The Morgan fingerprint density at radius 3 is 1.36 bits per heavy atom. The average Bonchev–Trinajstić information content (AvgIpc) is 2.93. The van der Waals surface area contributed by atoms with E-state index in [0.717, 1.165) is 36.7 Å². The molecule has 0 saturated heterocycles. The first-order chi connectivity index (χ1) is 19.7. The van der Waals surface area contributed by atoms with Gasteiger partial charge in [0.15, 0.2) is 0 Å². The standard InChI is InChI=1S/C20H24F2I.C15H24O3S/c1-3-9-17(21)15-11-5-7-13-19(15)23-20-14-8-6-12-16(20)18(22)10-4-2;1-9(2)12-7-13(10(3)4)15(19(16,17)18)14(8-12)11(5)6/h5-8,11-14,17-18H,3-4,9-10H2,1-2H3;7-11H,1-6H3,(H,16,17,18)/q+1;/p-1. The maximum absolute atomic E-state index is 14.4. The van der Waals surface area contributed by atoms with Crippen LogP contribution in [0.15, 0.2) is 65.6 Å². The molecule has 0 fully saturated rings. The van der Waals surface area contributed by atoms with Crippen LogP contribution in [0.2, 0.25) is 0 Å². The number of rotatable bonds is 12. The van der Waals surface area contributed by atoms with Crippen LogP contribution in [0.1, 0.15) is 139 Å². The van der Waals surface area contributed by atoms with Crippen LogP contribution in [-0.4, -0.2) is 13.0 Å². The van der Waals surface area contributed by atoms with Crippen LogP contribution in [0.4, 0.5) is 8.78 Å². The predicted octanol–water partition coefficient (Wildman–Crippen LogP) is 7.40. The number of alkyl halides is 2. The average molecular weight is 713 g/mol. The summed E-state index contributed by atoms with van der Waals surface area (Å²) in [6.45, 7) is 15.8. The normalized spacial score (nSPS) is 13.3. The first kappa shape index (κ1) is 36.4. The molecule has 42 heavy (non-hydrogen) atoms. The van der Waals surface area contributed by atoms with Crippen molar-refractivity contribution in [3.05, 3.63) is 95.6 Å². The summed E-state index contributed by atoms with van der Waals surface area (Å²) in [6.07, 6.45) is 0.911. The SMILES string of the molecule is CC(C)c1cc(C(C)C)c(S(=O)(=O)[O-])c(C(C)C)c1.CCCC(F)c1ccccc1[I+]c1ccccc1C(F)CCC. The third-order valence-corrected chi connectivity index (χ3v) is 11.2. The van der Waals surface area contributed by atoms with E-state index in [0.29, 0.717) is 29.9 Å². The highest BCUT2D eigenvalue weighted by Gasteiger charge is 2.28. The molecule has 0 spiro atoms. The lowest BCUT2D eigenvalue weighted by Crippen LogP contribution is -3.62. The van der Waals surface area contributed by atoms with Gasteiger partial charge < -0.3 is 4.55 Å². The van der Waals surface area contributed by atoms with Crippen LogP contribution in [0.3, 0.4) is 0 Å². The molecule has 0 saturated carbocycles. The smallest absolute Gasteiger partial charge is 0.358 e. The highest BCUT2D eigenvalue weighted by atomic mass is 127. The third kappa shape index (κ3) is 10.1. The Morgan fingerprint density at radius 2 is 1.05 bits per heavy atom. The minimum absolute atomic E-state index is 0.00919. The Kier molecular flexibility index (Phi) is 14.6. The summed E-state index contributed by atoms with van der Waals surface area (Å²) in [7, 11) is -4.45. The highest BCUT2D eigenvalue weighted by Crippen LogP contribution is 2.34. The van der Waals surface area contributed by atoms with Gasteiger partial charge in [-0.1, -0.05) is 117 Å². The first-order valence-electron chi connectivity index (χ1n) is 15.0. The second kappa shape index (κ2) is 16.9. The summed E-state index contributed by atoms with van der Waals surface area (Å²) in [6, 6.07) is 19.2. The van der Waals surface area contributed by atoms with Crippen LogP contribution < -0.4 is 21.2 Å². The van der Waals surface area contributed by atoms with Crippen molar-refractivity contribution in [2.75, 3.05) is 0 Å². The molecule has 232 valence electrons. The molecular weight excluding hydrogens is 665 g/mol. The Balaban J connectivity index is 0.000000299. The first-order valence-corrected chi connectivity index (χ1v) is 18.5. The maximum Gasteiger partial charge on any atom is 0.358 e. The minimum Gasteiger partial charge on any atom is -0.744 e. The van der Waals surface area contributed by atoms with Crippen molar-refractivity contribution in [3.8, 4) is 0 Å². The highest BCUT2D eigenvalue weighted by molar-refractivity contribution is 7.85. The molecule has 3 rings (SSSR count). The molecule has 0 amide bonds. The minimum atomic E-state index is -4.45. The van der Waals surface area contributed by atoms with Crippen molar-refractivity contribution in [2.45, 2.75) is 116 Å². The molecule has 3 aromatic carbocycles. The monoisotopic (exact) mass is 712 g/mol. The zero-order valence-corrected chi connectivity index (χ0v) is 29.2. The van der Waals surface area contributed by atoms with Crippen molar-refractivity contribution < 1.29 is 43.0 Å². The van der Waals surface area contributed by atoms with Gasteiger partial charge in [-0.15, -0.1) is 0 Å². The Labute approximate surface area is 263 Å². The van der Waals surface area contributed by atoms with Gasteiger partial charge in [0.2, 0.25) is 7.14 Å². The zero-order chi connectivity index (χ0) is 31.6. The van der Waals surface area contributed by atoms with Crippen LogP contribution in [0.5, 0.6) is 0 Å². The number of hydrogen-bond donors (Lipinski definition) is 0. The van der Waals surface area contributed by atoms with E-state index in [-0.39, 0.29) is 16.7 Å². The van der Waals surface area contributed by atoms with Gasteiger partial charge in [0, 0.05) is 11.1 Å². The summed E-state index contributed by atoms with van der Waals surface area (Å²) < 4.78 is 65.8. The lowest BCUT2D eigenvalue weighted by Gasteiger charge is -2.24. The summed E-state index contributed by atoms with van der Waals surface area (Å²) in [5.41, 5.74) is 3.96. The van der Waals surface area contributed by atoms with Gasteiger partial charge in [-0.3, -0.25) is 0 Å². The van der Waals surface area contributed by atoms with E-state index in [1.807, 2.05) is 102 Å². The molecular formula is C35H47F2IO3S. The van der Waals surface area contributed by atoms with Crippen molar-refractivity contribution in [3.63, 3.8) is 0 Å². The molecule has 7 heteroatoms. The van der Waals surface area contributed by atoms with E-state index in [1.54, 1.807) is 0 Å². The number of benzene rings is 3. The molecule has 0 heterocycles. The van der Waals surface area contributed by atoms with Crippen molar-refractivity contribution in [1.82, 2.24) is 0 Å². The summed E-state index contributed by atoms with van der Waals surface area (Å²) in [5.74, 6) is 0.322. The van der Waals surface area contributed by atoms with E-state index in [2.05, 4.69) is 13.8 Å². The maximum atomic E-state index is 14.4. The fourth-order valence-corrected chi connectivity index (χ4v) is 8.96. The molecule has 0 aliphatic rings. The largest absolute Gasteiger partial charge is 0.744 e. The fraction of sp³-hybridized carbons (Fsp3) is 0.486. The van der Waals surface area contributed by atoms with Crippen molar-refractivity contribution in [1.29, 1.82) is 0 Å². The molecule has 0 N–H and O–H groups in total. The van der Waals surface area contributed by atoms with E-state index in [4.69, 9.17) is 0 Å². The van der Waals surface area contributed by atoms with Gasteiger partial charge in [-0.05, 0) is 59.4 Å². The summed E-state index contributed by atoms with van der Waals surface area (Å²) in [5, 5.41) is 0. The Hall–Kier alpha value is -1.84. The predicted molar refractivity (Wildman–Crippen MR) is 164 cm³/mol. The fourth-order valence-electron chi connectivity index (χ4n) is 4.74. The van der Waals surface area contributed by atoms with Gasteiger partial charge in [-0.2, -0.15) is 0 Å². The lowest BCUT2D eigenvalue weighted by atomic mass is 9.89. The molecule has 0 aromatic heterocycles. The van der Waals surface area contributed by atoms with E-state index >= 15 is 0 Å². The van der Waals surface area contributed by atoms with Gasteiger partial charge in [0.25, 0.3) is 0 Å². The molecule has 2 unspecified atom stereocenters. The zero-order valence-electron chi connectivity index (χ0n) is 26.3. The van der Waals surface area contributed by atoms with Gasteiger partial charge in [-0.25, -0.2) is 17.2 Å². The molecule has 0 radical (unpaired) electrons. The van der Waals surface area contributed by atoms with Crippen molar-refractivity contribution in [2.24, 2.45) is 0 Å². The molecule has 3 nitrogen and oxygen atoms in total. The van der Waals surface area contributed by atoms with Crippen LogP contribution >= 0.6 is 0 Å². The number of halogens is 3. The third-order valence-electron chi connectivity index (χ3n) is 7.10. The second-order valence-electron chi connectivity index (χ2n) is 11.6. The van der Waals surface area contributed by atoms with E-state index in [9.17, 15) is 21.8 Å². The Bertz CT molecular complexity index is 1300. The lowest BCUT2D eigenvalue weighted by molar-refractivity contribution is -0.599. The second-order valence-corrected chi connectivity index (χ2v) is 15.8. The van der Waals surface area contributed by atoms with Gasteiger partial charge >= 0.3 is 21.2 Å². The molecule has 3 aromatic rings. The number of hydrogen-bond acceptors (Lipinski definition) is 3. The molecule has 0 bridgehead atoms. The van der Waals surface area contributed by atoms with Gasteiger partial charge in [0.05, 0.1) is 4.90 Å². The quantitative estimate of drug-likeness (QED) is 0.145. The van der Waals surface area contributed by atoms with Crippen LogP contribution in [0, 0.1) is 7.14 Å². The van der Waals surface area contributed by atoms with E-state index in [1.165, 1.54) is 0 Å². The Morgan fingerprint density at radius 1 is 0.667 bits per heavy atom. The molecule has 2 atom stereocenters. The summed E-state index contributed by atoms with van der Waals surface area (Å²) in [4.78, 5) is -0.0121. The van der Waals surface area contributed by atoms with E-state index < -0.39 is 43.7 Å². The molecule has 0 aliphatic carbocycles. The van der Waals surface area contributed by atoms with Crippen LogP contribution in [-0.2, 0) is 10.1 Å². The van der Waals surface area contributed by atoms with Crippen molar-refractivity contribution >= 4 is 10.1 Å². The summed E-state index contributed by atoms with van der Waals surface area (Å²) >= 11 is -0.585. The molecule has 0 aliphatic heterocycles.